The number of ether oxygens (including phenoxy) is 1. The van der Waals surface area contributed by atoms with E-state index in [0.717, 1.165) is 0 Å². The van der Waals surface area contributed by atoms with E-state index in [0.29, 0.717) is 60.4 Å². The smallest absolute Gasteiger partial charge is 0.255 e. The van der Waals surface area contributed by atoms with Gasteiger partial charge in [-0.2, -0.15) is 0 Å². The van der Waals surface area contributed by atoms with Gasteiger partial charge in [0.15, 0.2) is 0 Å². The van der Waals surface area contributed by atoms with E-state index in [-0.39, 0.29) is 24.3 Å². The van der Waals surface area contributed by atoms with Crippen LogP contribution in [0.5, 0.6) is 0 Å². The molecule has 1 saturated heterocycles. The maximum atomic E-state index is 13.3. The van der Waals surface area contributed by atoms with Crippen LogP contribution in [0, 0.1) is 12.7 Å². The third-order valence-electron chi connectivity index (χ3n) is 5.61. The summed E-state index contributed by atoms with van der Waals surface area (Å²) < 4.78 is 18.7. The van der Waals surface area contributed by atoms with Crippen LogP contribution in [0.25, 0.3) is 0 Å². The van der Waals surface area contributed by atoms with Gasteiger partial charge in [0.1, 0.15) is 5.82 Å². The molecule has 2 heterocycles. The number of amides is 2. The van der Waals surface area contributed by atoms with Crippen LogP contribution in [-0.2, 0) is 16.0 Å². The molecule has 35 heavy (non-hydrogen) atoms. The largest absolute Gasteiger partial charge is 0.378 e. The van der Waals surface area contributed by atoms with Crippen LogP contribution in [0.3, 0.4) is 0 Å². The Morgan fingerprint density at radius 1 is 1.09 bits per heavy atom. The van der Waals surface area contributed by atoms with Gasteiger partial charge in [0.25, 0.3) is 11.5 Å². The van der Waals surface area contributed by atoms with Crippen molar-refractivity contribution in [2.75, 3.05) is 41.8 Å². The molecule has 0 saturated carbocycles. The molecule has 0 atom stereocenters. The fraction of sp³-hybridized carbons (Fsp3) is 0.280. The first-order valence-corrected chi connectivity index (χ1v) is 11.3. The van der Waals surface area contributed by atoms with Crippen molar-refractivity contribution in [3.8, 4) is 0 Å². The van der Waals surface area contributed by atoms with Gasteiger partial charge in [0.05, 0.1) is 13.2 Å². The van der Waals surface area contributed by atoms with Gasteiger partial charge in [-0.15, -0.1) is 0 Å². The molecule has 1 aliphatic rings. The highest BCUT2D eigenvalue weighted by atomic mass is 19.1. The number of nitrogens with zero attached hydrogens (tertiary/aromatic N) is 2. The second-order valence-corrected chi connectivity index (χ2v) is 8.15. The summed E-state index contributed by atoms with van der Waals surface area (Å²) in [5.41, 5.74) is 1.86. The quantitative estimate of drug-likeness (QED) is 0.480. The number of hydrogen-bond acceptors (Lipinski definition) is 6. The highest BCUT2D eigenvalue weighted by Gasteiger charge is 2.17. The van der Waals surface area contributed by atoms with Crippen molar-refractivity contribution < 1.29 is 18.7 Å². The van der Waals surface area contributed by atoms with E-state index < -0.39 is 11.7 Å². The number of hydrogen-bond donors (Lipinski definition) is 3. The van der Waals surface area contributed by atoms with Crippen LogP contribution in [0.1, 0.15) is 28.0 Å². The molecular weight excluding hydrogens is 453 g/mol. The number of halogens is 1. The molecule has 0 radical (unpaired) electrons. The minimum Gasteiger partial charge on any atom is -0.378 e. The number of aromatic amines is 1. The molecule has 1 fully saturated rings. The molecule has 2 amide bonds. The minimum absolute atomic E-state index is 0.0716. The summed E-state index contributed by atoms with van der Waals surface area (Å²) >= 11 is 0. The zero-order valence-corrected chi connectivity index (χ0v) is 19.3. The lowest BCUT2D eigenvalue weighted by Crippen LogP contribution is -2.38. The van der Waals surface area contributed by atoms with Crippen molar-refractivity contribution in [1.29, 1.82) is 0 Å². The molecule has 3 aromatic rings. The first kappa shape index (κ1) is 24.1. The summed E-state index contributed by atoms with van der Waals surface area (Å²) in [7, 11) is 0. The van der Waals surface area contributed by atoms with Gasteiger partial charge in [-0.1, -0.05) is 12.1 Å². The summed E-state index contributed by atoms with van der Waals surface area (Å²) in [6.45, 7) is 4.23. The summed E-state index contributed by atoms with van der Waals surface area (Å²) in [4.78, 5) is 46.9. The van der Waals surface area contributed by atoms with E-state index in [9.17, 15) is 18.8 Å². The van der Waals surface area contributed by atoms with Gasteiger partial charge in [0.2, 0.25) is 11.9 Å². The average molecular weight is 480 g/mol. The molecule has 1 aromatic heterocycles. The van der Waals surface area contributed by atoms with Gasteiger partial charge in [-0.25, -0.2) is 9.37 Å². The number of rotatable bonds is 7. The Morgan fingerprint density at radius 3 is 2.51 bits per heavy atom. The molecule has 0 unspecified atom stereocenters. The fourth-order valence-electron chi connectivity index (χ4n) is 3.78. The van der Waals surface area contributed by atoms with E-state index in [1.807, 2.05) is 4.90 Å². The Bertz CT molecular complexity index is 1290. The first-order valence-electron chi connectivity index (χ1n) is 11.3. The third kappa shape index (κ3) is 6.30. The molecule has 0 bridgehead atoms. The van der Waals surface area contributed by atoms with E-state index in [1.165, 1.54) is 24.3 Å². The molecule has 4 rings (SSSR count). The van der Waals surface area contributed by atoms with Crippen LogP contribution < -0.4 is 21.1 Å². The summed E-state index contributed by atoms with van der Waals surface area (Å²) in [6, 6.07) is 12.0. The van der Waals surface area contributed by atoms with Crippen molar-refractivity contribution in [3.63, 3.8) is 0 Å². The Balaban J connectivity index is 1.36. The summed E-state index contributed by atoms with van der Waals surface area (Å²) in [5.74, 6) is -0.676. The van der Waals surface area contributed by atoms with Gasteiger partial charge in [0, 0.05) is 47.7 Å². The Morgan fingerprint density at radius 2 is 1.80 bits per heavy atom. The summed E-state index contributed by atoms with van der Waals surface area (Å²) in [6.07, 6.45) is 0.297. The zero-order valence-electron chi connectivity index (χ0n) is 19.3. The van der Waals surface area contributed by atoms with E-state index in [2.05, 4.69) is 20.6 Å². The van der Waals surface area contributed by atoms with E-state index in [1.54, 1.807) is 31.2 Å². The lowest BCUT2D eigenvalue weighted by Gasteiger charge is -2.27. The first-order chi connectivity index (χ1) is 16.9. The predicted octanol–water partition coefficient (Wildman–Crippen LogP) is 2.88. The highest BCUT2D eigenvalue weighted by molar-refractivity contribution is 6.05. The number of morpholine rings is 1. The molecule has 0 spiro atoms. The second-order valence-electron chi connectivity index (χ2n) is 8.15. The zero-order chi connectivity index (χ0) is 24.8. The second kappa shape index (κ2) is 10.9. The number of carbonyl (C=O) groups excluding carboxylic acids is 2. The molecule has 10 heteroatoms. The number of aromatic nitrogens is 2. The molecule has 3 N–H and O–H groups in total. The maximum absolute atomic E-state index is 13.3. The third-order valence-corrected chi connectivity index (χ3v) is 5.61. The van der Waals surface area contributed by atoms with Crippen molar-refractivity contribution in [2.24, 2.45) is 0 Å². The standard InChI is InChI=1S/C25H26FN5O4/c1-16-21(24(34)30-25(27-16)31-10-12-35-13-11-31)8-9-22(32)28-19-6-2-4-17(14-19)23(33)29-20-7-3-5-18(26)15-20/h2-7,14-15H,8-13H2,1H3,(H,28,32)(H,29,33)(H,27,30,34). The van der Waals surface area contributed by atoms with Crippen molar-refractivity contribution >= 4 is 29.1 Å². The SMILES string of the molecule is Cc1nc(N2CCOCC2)[nH]c(=O)c1CCC(=O)Nc1cccc(C(=O)Nc2cccc(F)c2)c1. The number of H-pyrrole nitrogens is 1. The van der Waals surface area contributed by atoms with Gasteiger partial charge in [-0.05, 0) is 49.7 Å². The van der Waals surface area contributed by atoms with Crippen molar-refractivity contribution in [3.05, 3.63) is 81.5 Å². The highest BCUT2D eigenvalue weighted by Crippen LogP contribution is 2.16. The van der Waals surface area contributed by atoms with Crippen LogP contribution in [0.4, 0.5) is 21.7 Å². The number of nitrogens with one attached hydrogen (secondary N) is 3. The Labute approximate surface area is 201 Å². The summed E-state index contributed by atoms with van der Waals surface area (Å²) in [5, 5.41) is 5.37. The average Bonchev–Trinajstić information content (AvgIpc) is 2.84. The number of aryl methyl sites for hydroxylation is 1. The number of carbonyl (C=O) groups is 2. The number of anilines is 3. The Hall–Kier alpha value is -4.05. The molecule has 2 aromatic carbocycles. The van der Waals surface area contributed by atoms with Crippen LogP contribution >= 0.6 is 0 Å². The minimum atomic E-state index is -0.455. The fourth-order valence-corrected chi connectivity index (χ4v) is 3.78. The molecule has 182 valence electrons. The van der Waals surface area contributed by atoms with Crippen molar-refractivity contribution in [1.82, 2.24) is 9.97 Å². The molecule has 9 nitrogen and oxygen atoms in total. The molecule has 0 aliphatic carbocycles. The normalized spacial score (nSPS) is 13.4. The lowest BCUT2D eigenvalue weighted by molar-refractivity contribution is -0.116. The van der Waals surface area contributed by atoms with Crippen LogP contribution in [0.2, 0.25) is 0 Å². The molecular formula is C25H26FN5O4. The lowest BCUT2D eigenvalue weighted by atomic mass is 10.1. The van der Waals surface area contributed by atoms with Crippen LogP contribution in [-0.4, -0.2) is 48.1 Å². The van der Waals surface area contributed by atoms with E-state index in [4.69, 9.17) is 4.74 Å². The van der Waals surface area contributed by atoms with Gasteiger partial charge >= 0.3 is 0 Å². The number of benzene rings is 2. The van der Waals surface area contributed by atoms with Crippen molar-refractivity contribution in [2.45, 2.75) is 19.8 Å². The maximum Gasteiger partial charge on any atom is 0.255 e. The topological polar surface area (TPSA) is 116 Å². The predicted molar refractivity (Wildman–Crippen MR) is 130 cm³/mol. The Kier molecular flexibility index (Phi) is 7.51. The van der Waals surface area contributed by atoms with Gasteiger partial charge in [-0.3, -0.25) is 19.4 Å². The van der Waals surface area contributed by atoms with Gasteiger partial charge < -0.3 is 20.3 Å². The monoisotopic (exact) mass is 479 g/mol. The molecule has 1 aliphatic heterocycles. The van der Waals surface area contributed by atoms with E-state index >= 15 is 0 Å². The van der Waals surface area contributed by atoms with Crippen LogP contribution in [0.15, 0.2) is 53.3 Å².